The van der Waals surface area contributed by atoms with Gasteiger partial charge < -0.3 is 14.8 Å². The molecule has 1 atom stereocenters. The molecule has 3 heteroatoms. The lowest BCUT2D eigenvalue weighted by atomic mass is 9.98. The molecular weight excluding hydrogens is 262 g/mol. The lowest BCUT2D eigenvalue weighted by Crippen LogP contribution is -2.29. The number of nitrogens with one attached hydrogen (secondary N) is 1. The molecule has 0 saturated heterocycles. The number of methoxy groups -OCH3 is 2. The van der Waals surface area contributed by atoms with E-state index in [1.54, 1.807) is 14.2 Å². The van der Waals surface area contributed by atoms with E-state index in [0.29, 0.717) is 11.5 Å². The highest BCUT2D eigenvalue weighted by molar-refractivity contribution is 5.43. The summed E-state index contributed by atoms with van der Waals surface area (Å²) in [5, 5.41) is 3.80. The number of rotatable bonds is 8. The molecular formula is C18H27NO2. The van der Waals surface area contributed by atoms with Crippen LogP contribution in [0.25, 0.3) is 0 Å². The molecule has 0 amide bonds. The molecule has 21 heavy (non-hydrogen) atoms. The molecule has 1 aromatic carbocycles. The molecule has 3 rings (SSSR count). The van der Waals surface area contributed by atoms with Crippen LogP contribution in [0.5, 0.6) is 11.5 Å². The van der Waals surface area contributed by atoms with Crippen LogP contribution in [0, 0.1) is 11.3 Å². The zero-order chi connectivity index (χ0) is 14.9. The largest absolute Gasteiger partial charge is 0.493 e. The van der Waals surface area contributed by atoms with Gasteiger partial charge in [0.1, 0.15) is 0 Å². The van der Waals surface area contributed by atoms with Crippen LogP contribution in [0.1, 0.15) is 50.6 Å². The predicted molar refractivity (Wildman–Crippen MR) is 85.0 cm³/mol. The fraction of sp³-hybridized carbons (Fsp3) is 0.667. The molecule has 2 saturated carbocycles. The van der Waals surface area contributed by atoms with Gasteiger partial charge in [0, 0.05) is 12.6 Å². The number of hydrogen-bond acceptors (Lipinski definition) is 3. The highest BCUT2D eigenvalue weighted by Crippen LogP contribution is 2.61. The van der Waals surface area contributed by atoms with Gasteiger partial charge in [-0.05, 0) is 61.1 Å². The van der Waals surface area contributed by atoms with Crippen LogP contribution in [0.2, 0.25) is 0 Å². The lowest BCUT2D eigenvalue weighted by molar-refractivity contribution is 0.351. The van der Waals surface area contributed by atoms with Crippen LogP contribution in [0.3, 0.4) is 0 Å². The fourth-order valence-electron chi connectivity index (χ4n) is 3.48. The Morgan fingerprint density at radius 2 is 1.90 bits per heavy atom. The zero-order valence-electron chi connectivity index (χ0n) is 13.4. The third-order valence-corrected chi connectivity index (χ3v) is 5.25. The molecule has 2 aliphatic carbocycles. The molecule has 3 nitrogen and oxygen atoms in total. The summed E-state index contributed by atoms with van der Waals surface area (Å²) < 4.78 is 10.7. The van der Waals surface area contributed by atoms with E-state index < -0.39 is 0 Å². The number of hydrogen-bond donors (Lipinski definition) is 1. The van der Waals surface area contributed by atoms with Crippen molar-refractivity contribution in [3.05, 3.63) is 23.8 Å². The summed E-state index contributed by atoms with van der Waals surface area (Å²) in [6.45, 7) is 3.41. The Kier molecular flexibility index (Phi) is 4.12. The van der Waals surface area contributed by atoms with Gasteiger partial charge in [-0.3, -0.25) is 0 Å². The van der Waals surface area contributed by atoms with E-state index in [2.05, 4.69) is 24.4 Å². The average Bonchev–Trinajstić information content (AvgIpc) is 3.39. The van der Waals surface area contributed by atoms with Gasteiger partial charge in [-0.15, -0.1) is 0 Å². The van der Waals surface area contributed by atoms with Crippen molar-refractivity contribution in [2.45, 2.75) is 45.1 Å². The number of benzene rings is 1. The molecule has 0 aromatic heterocycles. The Hall–Kier alpha value is -1.22. The second-order valence-electron chi connectivity index (χ2n) is 6.59. The second kappa shape index (κ2) is 5.88. The molecule has 1 N–H and O–H groups in total. The molecule has 0 bridgehead atoms. The monoisotopic (exact) mass is 289 g/mol. The van der Waals surface area contributed by atoms with E-state index in [1.165, 1.54) is 37.8 Å². The Bertz CT molecular complexity index is 492. The van der Waals surface area contributed by atoms with Gasteiger partial charge in [-0.1, -0.05) is 13.0 Å². The van der Waals surface area contributed by atoms with Crippen molar-refractivity contribution in [2.24, 2.45) is 11.3 Å². The van der Waals surface area contributed by atoms with E-state index in [-0.39, 0.29) is 0 Å². The van der Waals surface area contributed by atoms with Crippen LogP contribution < -0.4 is 14.8 Å². The van der Waals surface area contributed by atoms with E-state index in [4.69, 9.17) is 9.47 Å². The van der Waals surface area contributed by atoms with Crippen molar-refractivity contribution in [3.63, 3.8) is 0 Å². The van der Waals surface area contributed by atoms with Crippen LogP contribution in [-0.4, -0.2) is 20.8 Å². The van der Waals surface area contributed by atoms with E-state index in [9.17, 15) is 0 Å². The summed E-state index contributed by atoms with van der Waals surface area (Å²) >= 11 is 0. The fourth-order valence-corrected chi connectivity index (χ4v) is 3.48. The molecule has 2 aliphatic rings. The van der Waals surface area contributed by atoms with Crippen LogP contribution >= 0.6 is 0 Å². The second-order valence-corrected chi connectivity index (χ2v) is 6.59. The van der Waals surface area contributed by atoms with E-state index in [1.807, 2.05) is 6.07 Å². The Labute approximate surface area is 128 Å². The highest BCUT2D eigenvalue weighted by Gasteiger charge is 2.53. The van der Waals surface area contributed by atoms with Crippen molar-refractivity contribution >= 4 is 0 Å². The molecule has 116 valence electrons. The summed E-state index contributed by atoms with van der Waals surface area (Å²) in [5.74, 6) is 2.62. The summed E-state index contributed by atoms with van der Waals surface area (Å²) in [4.78, 5) is 0. The normalized spacial score (nSPS) is 20.9. The third-order valence-electron chi connectivity index (χ3n) is 5.25. The average molecular weight is 289 g/mol. The minimum Gasteiger partial charge on any atom is -0.493 e. The predicted octanol–water partition coefficient (Wildman–Crippen LogP) is 3.93. The third kappa shape index (κ3) is 3.03. The molecule has 0 radical (unpaired) electrons. The van der Waals surface area contributed by atoms with Crippen molar-refractivity contribution in [1.29, 1.82) is 0 Å². The summed E-state index contributed by atoms with van der Waals surface area (Å²) in [6.07, 6.45) is 6.85. The van der Waals surface area contributed by atoms with Crippen molar-refractivity contribution < 1.29 is 9.47 Å². The maximum absolute atomic E-state index is 5.42. The molecule has 2 fully saturated rings. The van der Waals surface area contributed by atoms with Crippen molar-refractivity contribution in [1.82, 2.24) is 5.32 Å². The van der Waals surface area contributed by atoms with E-state index >= 15 is 0 Å². The van der Waals surface area contributed by atoms with Gasteiger partial charge in [-0.2, -0.15) is 0 Å². The topological polar surface area (TPSA) is 30.5 Å². The summed E-state index contributed by atoms with van der Waals surface area (Å²) in [6, 6.07) is 6.67. The van der Waals surface area contributed by atoms with Crippen molar-refractivity contribution in [2.75, 3.05) is 20.8 Å². The first-order valence-corrected chi connectivity index (χ1v) is 8.17. The highest BCUT2D eigenvalue weighted by atomic mass is 16.5. The Morgan fingerprint density at radius 1 is 1.19 bits per heavy atom. The standard InChI is InChI=1S/C18H27NO2/c1-4-15(19-12-18(9-10-18)14-6-7-14)13-5-8-16(20-2)17(11-13)21-3/h5,8,11,14-15,19H,4,6-7,9-10,12H2,1-3H3. The molecule has 0 spiro atoms. The maximum atomic E-state index is 5.42. The van der Waals surface area contributed by atoms with Crippen LogP contribution in [-0.2, 0) is 0 Å². The van der Waals surface area contributed by atoms with Crippen LogP contribution in [0.4, 0.5) is 0 Å². The van der Waals surface area contributed by atoms with Gasteiger partial charge in [0.05, 0.1) is 14.2 Å². The molecule has 0 aliphatic heterocycles. The Morgan fingerprint density at radius 3 is 2.43 bits per heavy atom. The quantitative estimate of drug-likeness (QED) is 0.786. The first kappa shape index (κ1) is 14.7. The zero-order valence-corrected chi connectivity index (χ0v) is 13.4. The first-order chi connectivity index (χ1) is 10.2. The minimum absolute atomic E-state index is 0.404. The summed E-state index contributed by atoms with van der Waals surface area (Å²) in [7, 11) is 3.38. The smallest absolute Gasteiger partial charge is 0.161 e. The molecule has 0 heterocycles. The van der Waals surface area contributed by atoms with Gasteiger partial charge in [0.2, 0.25) is 0 Å². The van der Waals surface area contributed by atoms with Gasteiger partial charge in [-0.25, -0.2) is 0 Å². The SMILES string of the molecule is CCC(NCC1(C2CC2)CC1)c1ccc(OC)c(OC)c1. The van der Waals surface area contributed by atoms with Gasteiger partial charge >= 0.3 is 0 Å². The van der Waals surface area contributed by atoms with Gasteiger partial charge in [0.25, 0.3) is 0 Å². The molecule has 1 aromatic rings. The Balaban J connectivity index is 1.67. The number of ether oxygens (including phenoxy) is 2. The lowest BCUT2D eigenvalue weighted by Gasteiger charge is -2.23. The van der Waals surface area contributed by atoms with Crippen molar-refractivity contribution in [3.8, 4) is 11.5 Å². The van der Waals surface area contributed by atoms with Crippen LogP contribution in [0.15, 0.2) is 18.2 Å². The van der Waals surface area contributed by atoms with E-state index in [0.717, 1.165) is 23.8 Å². The van der Waals surface area contributed by atoms with Gasteiger partial charge in [0.15, 0.2) is 11.5 Å². The first-order valence-electron chi connectivity index (χ1n) is 8.17. The molecule has 1 unspecified atom stereocenters. The summed E-state index contributed by atoms with van der Waals surface area (Å²) in [5.41, 5.74) is 1.94. The maximum Gasteiger partial charge on any atom is 0.161 e. The minimum atomic E-state index is 0.404.